The Morgan fingerprint density at radius 3 is 2.56 bits per heavy atom. The molecule has 0 spiro atoms. The van der Waals surface area contributed by atoms with Crippen molar-refractivity contribution in [2.75, 3.05) is 39.4 Å². The largest absolute Gasteiger partial charge is 0.353 e. The van der Waals surface area contributed by atoms with Crippen molar-refractivity contribution in [1.82, 2.24) is 10.2 Å². The number of nitrogens with one attached hydrogen (secondary N) is 1. The van der Waals surface area contributed by atoms with Crippen molar-refractivity contribution in [2.45, 2.75) is 39.5 Å². The lowest BCUT2D eigenvalue weighted by atomic mass is 10.2. The van der Waals surface area contributed by atoms with Crippen LogP contribution in [0.2, 0.25) is 0 Å². The van der Waals surface area contributed by atoms with Gasteiger partial charge in [-0.25, -0.2) is 0 Å². The Morgan fingerprint density at radius 2 is 2.00 bits per heavy atom. The molecule has 0 bridgehead atoms. The molecule has 4 nitrogen and oxygen atoms in total. The molecule has 1 atom stereocenters. The SMILES string of the molecule is CCOC(CCN1CCNC[C@@H]1C)OCC. The van der Waals surface area contributed by atoms with Crippen LogP contribution in [0, 0.1) is 0 Å². The third kappa shape index (κ3) is 4.78. The van der Waals surface area contributed by atoms with E-state index in [1.807, 2.05) is 13.8 Å². The highest BCUT2D eigenvalue weighted by atomic mass is 16.7. The van der Waals surface area contributed by atoms with Crippen LogP contribution in [0.25, 0.3) is 0 Å². The zero-order valence-electron chi connectivity index (χ0n) is 10.9. The number of ether oxygens (including phenoxy) is 2. The minimum absolute atomic E-state index is 0.0305. The van der Waals surface area contributed by atoms with Crippen molar-refractivity contribution in [2.24, 2.45) is 0 Å². The summed E-state index contributed by atoms with van der Waals surface area (Å²) < 4.78 is 11.1. The zero-order valence-corrected chi connectivity index (χ0v) is 10.9. The van der Waals surface area contributed by atoms with Gasteiger partial charge in [0, 0.05) is 51.9 Å². The predicted octanol–water partition coefficient (Wildman–Crippen LogP) is 1.07. The van der Waals surface area contributed by atoms with E-state index < -0.39 is 0 Å². The van der Waals surface area contributed by atoms with Crippen LogP contribution in [-0.2, 0) is 9.47 Å². The maximum Gasteiger partial charge on any atom is 0.158 e. The van der Waals surface area contributed by atoms with E-state index in [4.69, 9.17) is 9.47 Å². The second kappa shape index (κ2) is 8.01. The minimum atomic E-state index is -0.0305. The fraction of sp³-hybridized carbons (Fsp3) is 1.00. The Hall–Kier alpha value is -0.160. The van der Waals surface area contributed by atoms with Gasteiger partial charge < -0.3 is 14.8 Å². The summed E-state index contributed by atoms with van der Waals surface area (Å²) in [6, 6.07) is 0.623. The molecule has 0 aliphatic carbocycles. The second-order valence-corrected chi connectivity index (χ2v) is 4.22. The Balaban J connectivity index is 2.23. The molecular weight excluding hydrogens is 204 g/mol. The van der Waals surface area contributed by atoms with Gasteiger partial charge in [-0.3, -0.25) is 4.90 Å². The molecule has 1 N–H and O–H groups in total. The average Bonchev–Trinajstić information content (AvgIpc) is 2.28. The molecule has 1 aliphatic heterocycles. The molecule has 0 unspecified atom stereocenters. The van der Waals surface area contributed by atoms with Crippen molar-refractivity contribution < 1.29 is 9.47 Å². The Kier molecular flexibility index (Phi) is 6.96. The molecule has 1 heterocycles. The van der Waals surface area contributed by atoms with Gasteiger partial charge in [0.25, 0.3) is 0 Å². The Morgan fingerprint density at radius 1 is 1.31 bits per heavy atom. The molecule has 0 aromatic carbocycles. The van der Waals surface area contributed by atoms with Gasteiger partial charge in [-0.15, -0.1) is 0 Å². The molecule has 1 rings (SSSR count). The first-order valence-corrected chi connectivity index (χ1v) is 6.45. The number of nitrogens with zero attached hydrogens (tertiary/aromatic N) is 1. The molecule has 0 saturated carbocycles. The minimum Gasteiger partial charge on any atom is -0.353 e. The fourth-order valence-corrected chi connectivity index (χ4v) is 2.07. The van der Waals surface area contributed by atoms with Gasteiger partial charge in [0.1, 0.15) is 0 Å². The van der Waals surface area contributed by atoms with Crippen LogP contribution in [0.15, 0.2) is 0 Å². The summed E-state index contributed by atoms with van der Waals surface area (Å²) >= 11 is 0. The van der Waals surface area contributed by atoms with Gasteiger partial charge in [0.15, 0.2) is 6.29 Å². The summed E-state index contributed by atoms with van der Waals surface area (Å²) in [5, 5.41) is 3.40. The van der Waals surface area contributed by atoms with Crippen LogP contribution in [0.5, 0.6) is 0 Å². The Labute approximate surface area is 99.3 Å². The second-order valence-electron chi connectivity index (χ2n) is 4.22. The highest BCUT2D eigenvalue weighted by Gasteiger charge is 2.19. The molecule has 1 saturated heterocycles. The van der Waals surface area contributed by atoms with Crippen molar-refractivity contribution in [3.05, 3.63) is 0 Å². The first kappa shape index (κ1) is 13.9. The lowest BCUT2D eigenvalue weighted by Crippen LogP contribution is -2.50. The monoisotopic (exact) mass is 230 g/mol. The van der Waals surface area contributed by atoms with Crippen LogP contribution in [-0.4, -0.2) is 56.6 Å². The van der Waals surface area contributed by atoms with Crippen LogP contribution in [0.1, 0.15) is 27.2 Å². The van der Waals surface area contributed by atoms with E-state index in [1.54, 1.807) is 0 Å². The van der Waals surface area contributed by atoms with Gasteiger partial charge in [0.05, 0.1) is 0 Å². The molecule has 0 aromatic rings. The first-order chi connectivity index (χ1) is 7.77. The summed E-state index contributed by atoms with van der Waals surface area (Å²) in [6.45, 7) is 12.1. The number of hydrogen-bond donors (Lipinski definition) is 1. The summed E-state index contributed by atoms with van der Waals surface area (Å²) in [7, 11) is 0. The molecule has 0 amide bonds. The Bertz CT molecular complexity index is 172. The van der Waals surface area contributed by atoms with Gasteiger partial charge in [-0.2, -0.15) is 0 Å². The van der Waals surface area contributed by atoms with E-state index in [1.165, 1.54) is 0 Å². The topological polar surface area (TPSA) is 33.7 Å². The average molecular weight is 230 g/mol. The number of piperazine rings is 1. The summed E-state index contributed by atoms with van der Waals surface area (Å²) in [5.74, 6) is 0. The van der Waals surface area contributed by atoms with Crippen molar-refractivity contribution in [1.29, 1.82) is 0 Å². The van der Waals surface area contributed by atoms with E-state index in [9.17, 15) is 0 Å². The lowest BCUT2D eigenvalue weighted by molar-refractivity contribution is -0.142. The van der Waals surface area contributed by atoms with E-state index >= 15 is 0 Å². The first-order valence-electron chi connectivity index (χ1n) is 6.45. The van der Waals surface area contributed by atoms with Crippen LogP contribution in [0.4, 0.5) is 0 Å². The smallest absolute Gasteiger partial charge is 0.158 e. The summed E-state index contributed by atoms with van der Waals surface area (Å²) in [5.41, 5.74) is 0. The molecular formula is C12H26N2O2. The van der Waals surface area contributed by atoms with E-state index in [2.05, 4.69) is 17.1 Å². The lowest BCUT2D eigenvalue weighted by Gasteiger charge is -2.34. The van der Waals surface area contributed by atoms with Crippen LogP contribution >= 0.6 is 0 Å². The highest BCUT2D eigenvalue weighted by Crippen LogP contribution is 2.07. The normalized spacial score (nSPS) is 22.9. The van der Waals surface area contributed by atoms with Gasteiger partial charge in [0.2, 0.25) is 0 Å². The van der Waals surface area contributed by atoms with Gasteiger partial charge >= 0.3 is 0 Å². The standard InChI is InChI=1S/C12H26N2O2/c1-4-15-12(16-5-2)6-8-14-9-7-13-10-11(14)3/h11-13H,4-10H2,1-3H3/t11-/m0/s1. The highest BCUT2D eigenvalue weighted by molar-refractivity contribution is 4.75. The fourth-order valence-electron chi connectivity index (χ4n) is 2.07. The van der Waals surface area contributed by atoms with Gasteiger partial charge in [-0.05, 0) is 20.8 Å². The summed E-state index contributed by atoms with van der Waals surface area (Å²) in [4.78, 5) is 2.50. The molecule has 0 aromatic heterocycles. The van der Waals surface area contributed by atoms with Gasteiger partial charge in [-0.1, -0.05) is 0 Å². The third-order valence-electron chi connectivity index (χ3n) is 3.00. The van der Waals surface area contributed by atoms with E-state index in [-0.39, 0.29) is 6.29 Å². The van der Waals surface area contributed by atoms with Crippen molar-refractivity contribution in [3.63, 3.8) is 0 Å². The van der Waals surface area contributed by atoms with Crippen LogP contribution in [0.3, 0.4) is 0 Å². The number of hydrogen-bond acceptors (Lipinski definition) is 4. The molecule has 96 valence electrons. The zero-order chi connectivity index (χ0) is 11.8. The quantitative estimate of drug-likeness (QED) is 0.663. The maximum atomic E-state index is 5.54. The van der Waals surface area contributed by atoms with E-state index in [0.29, 0.717) is 6.04 Å². The molecule has 16 heavy (non-hydrogen) atoms. The van der Waals surface area contributed by atoms with Crippen LogP contribution < -0.4 is 5.32 Å². The molecule has 4 heteroatoms. The number of rotatable bonds is 7. The molecule has 1 aliphatic rings. The predicted molar refractivity (Wildman–Crippen MR) is 65.6 cm³/mol. The molecule has 1 fully saturated rings. The maximum absolute atomic E-state index is 5.54. The van der Waals surface area contributed by atoms with Crippen molar-refractivity contribution >= 4 is 0 Å². The van der Waals surface area contributed by atoms with E-state index in [0.717, 1.165) is 45.8 Å². The summed E-state index contributed by atoms with van der Waals surface area (Å²) in [6.07, 6.45) is 0.934. The molecule has 0 radical (unpaired) electrons. The van der Waals surface area contributed by atoms with Crippen molar-refractivity contribution in [3.8, 4) is 0 Å². The third-order valence-corrected chi connectivity index (χ3v) is 3.00.